The average molecular weight is 579 g/mol. The molecule has 3 atom stereocenters. The highest BCUT2D eigenvalue weighted by Crippen LogP contribution is 2.26. The van der Waals surface area contributed by atoms with Gasteiger partial charge in [0, 0.05) is 18.3 Å². The van der Waals surface area contributed by atoms with Crippen LogP contribution in [0, 0.1) is 5.92 Å². The molecule has 2 aromatic heterocycles. The first-order chi connectivity index (χ1) is 19.7. The number of aromatic nitrogens is 2. The van der Waals surface area contributed by atoms with E-state index in [1.807, 2.05) is 44.2 Å². The Balaban J connectivity index is 1.57. The van der Waals surface area contributed by atoms with E-state index in [-0.39, 0.29) is 29.0 Å². The van der Waals surface area contributed by atoms with E-state index in [0.717, 1.165) is 11.8 Å². The Kier molecular flexibility index (Phi) is 10.0. The molecule has 11 nitrogen and oxygen atoms in total. The summed E-state index contributed by atoms with van der Waals surface area (Å²) < 4.78 is 0. The van der Waals surface area contributed by atoms with E-state index >= 15 is 0 Å². The van der Waals surface area contributed by atoms with Gasteiger partial charge in [0.25, 0.3) is 11.8 Å². The Hall–Kier alpha value is -4.32. The molecule has 0 saturated carbocycles. The van der Waals surface area contributed by atoms with E-state index in [9.17, 15) is 24.3 Å². The summed E-state index contributed by atoms with van der Waals surface area (Å²) in [7, 11) is 0. The van der Waals surface area contributed by atoms with E-state index in [1.165, 1.54) is 23.5 Å². The fraction of sp³-hybridized carbons (Fsp3) is 0.379. The Morgan fingerprint density at radius 3 is 2.56 bits per heavy atom. The Morgan fingerprint density at radius 2 is 1.85 bits per heavy atom. The number of carbonyl (C=O) groups is 4. The Labute approximate surface area is 242 Å². The van der Waals surface area contributed by atoms with Crippen molar-refractivity contribution in [3.05, 3.63) is 76.0 Å². The molecular formula is C29H34N6O5S. The number of pyridine rings is 1. The van der Waals surface area contributed by atoms with Crippen LogP contribution < -0.4 is 21.3 Å². The molecule has 12 heteroatoms. The minimum Gasteiger partial charge on any atom is -0.506 e. The number of benzene rings is 1. The molecule has 0 unspecified atom stereocenters. The van der Waals surface area contributed by atoms with Gasteiger partial charge < -0.3 is 26.4 Å². The number of rotatable bonds is 5. The standard InChI is InChI=1S/C29H34N6O5S/c1-17(2)24-29-34-23(16-41-29)28(40)33-22(14-18-8-4-3-5-9-18)25(37)30-13-7-6-10-21(27(39)35-24)32-26(38)20-12-11-19(36)15-31-20/h3-5,8-9,11-12,15-17,21-22,24,36H,6-7,10,13-14H2,1-2H3,(H,30,37)(H,32,38)(H,33,40)(H,35,39)/t21-,22+,24+/m0/s1. The minimum atomic E-state index is -0.878. The predicted molar refractivity (Wildman–Crippen MR) is 153 cm³/mol. The van der Waals surface area contributed by atoms with Crippen molar-refractivity contribution in [1.82, 2.24) is 31.2 Å². The molecule has 1 aliphatic heterocycles. The lowest BCUT2D eigenvalue weighted by atomic mass is 10.0. The number of thiazole rings is 1. The van der Waals surface area contributed by atoms with Crippen molar-refractivity contribution < 1.29 is 24.3 Å². The number of aromatic hydroxyl groups is 1. The number of carbonyl (C=O) groups excluding carboxylic acids is 4. The van der Waals surface area contributed by atoms with Crippen molar-refractivity contribution in [1.29, 1.82) is 0 Å². The van der Waals surface area contributed by atoms with E-state index in [1.54, 1.807) is 5.38 Å². The zero-order chi connectivity index (χ0) is 29.4. The van der Waals surface area contributed by atoms with Gasteiger partial charge >= 0.3 is 0 Å². The van der Waals surface area contributed by atoms with Crippen LogP contribution in [-0.2, 0) is 16.0 Å². The van der Waals surface area contributed by atoms with Crippen LogP contribution >= 0.6 is 11.3 Å². The van der Waals surface area contributed by atoms with E-state index in [4.69, 9.17) is 0 Å². The van der Waals surface area contributed by atoms with Crippen LogP contribution in [0.4, 0.5) is 0 Å². The first-order valence-electron chi connectivity index (χ1n) is 13.6. The monoisotopic (exact) mass is 578 g/mol. The van der Waals surface area contributed by atoms with Crippen molar-refractivity contribution in [2.45, 2.75) is 57.7 Å². The topological polar surface area (TPSA) is 162 Å². The van der Waals surface area contributed by atoms with Gasteiger partial charge in [-0.1, -0.05) is 44.2 Å². The summed E-state index contributed by atoms with van der Waals surface area (Å²) in [5.41, 5.74) is 1.13. The first-order valence-corrected chi connectivity index (χ1v) is 14.4. The summed E-state index contributed by atoms with van der Waals surface area (Å²) in [6, 6.07) is 9.99. The van der Waals surface area contributed by atoms with Crippen molar-refractivity contribution >= 4 is 35.0 Å². The van der Waals surface area contributed by atoms with Crippen LogP contribution in [0.25, 0.3) is 0 Å². The van der Waals surface area contributed by atoms with Gasteiger partial charge in [0.15, 0.2) is 0 Å². The summed E-state index contributed by atoms with van der Waals surface area (Å²) in [5, 5.41) is 23.1. The Bertz CT molecular complexity index is 1360. The third-order valence-corrected chi connectivity index (χ3v) is 7.64. The maximum atomic E-state index is 13.4. The quantitative estimate of drug-likeness (QED) is 0.311. The molecule has 0 spiro atoms. The highest BCUT2D eigenvalue weighted by Gasteiger charge is 2.29. The molecule has 5 N–H and O–H groups in total. The molecule has 41 heavy (non-hydrogen) atoms. The molecule has 0 radical (unpaired) electrons. The smallest absolute Gasteiger partial charge is 0.271 e. The summed E-state index contributed by atoms with van der Waals surface area (Å²) in [6.07, 6.45) is 2.89. The maximum Gasteiger partial charge on any atom is 0.271 e. The van der Waals surface area contributed by atoms with Crippen LogP contribution in [0.2, 0.25) is 0 Å². The van der Waals surface area contributed by atoms with E-state index in [2.05, 4.69) is 31.2 Å². The van der Waals surface area contributed by atoms with Crippen LogP contribution in [0.15, 0.2) is 54.0 Å². The lowest BCUT2D eigenvalue weighted by molar-refractivity contribution is -0.124. The number of hydrogen-bond acceptors (Lipinski definition) is 8. The van der Waals surface area contributed by atoms with Gasteiger partial charge in [-0.2, -0.15) is 0 Å². The molecule has 1 aromatic carbocycles. The number of nitrogens with zero attached hydrogens (tertiary/aromatic N) is 2. The largest absolute Gasteiger partial charge is 0.506 e. The van der Waals surface area contributed by atoms with Crippen molar-refractivity contribution in [2.24, 2.45) is 5.92 Å². The van der Waals surface area contributed by atoms with Gasteiger partial charge in [-0.05, 0) is 42.9 Å². The molecular weight excluding hydrogens is 544 g/mol. The molecule has 3 heterocycles. The number of nitrogens with one attached hydrogen (secondary N) is 4. The number of amides is 4. The molecule has 4 amide bonds. The summed E-state index contributed by atoms with van der Waals surface area (Å²) >= 11 is 1.24. The van der Waals surface area contributed by atoms with Crippen LogP contribution in [-0.4, -0.2) is 57.3 Å². The lowest BCUT2D eigenvalue weighted by Gasteiger charge is -2.25. The fourth-order valence-electron chi connectivity index (χ4n) is 4.42. The van der Waals surface area contributed by atoms with E-state index in [0.29, 0.717) is 37.2 Å². The normalized spacial score (nSPS) is 20.6. The molecule has 216 valence electrons. The molecule has 0 fully saturated rings. The Morgan fingerprint density at radius 1 is 1.07 bits per heavy atom. The van der Waals surface area contributed by atoms with Crippen LogP contribution in [0.1, 0.15) is 70.7 Å². The summed E-state index contributed by atoms with van der Waals surface area (Å²) in [4.78, 5) is 61.0. The number of hydrogen-bond donors (Lipinski definition) is 5. The van der Waals surface area contributed by atoms with Gasteiger partial charge in [-0.3, -0.25) is 19.2 Å². The van der Waals surface area contributed by atoms with Crippen LogP contribution in [0.5, 0.6) is 5.75 Å². The third-order valence-electron chi connectivity index (χ3n) is 6.71. The average Bonchev–Trinajstić information content (AvgIpc) is 3.45. The van der Waals surface area contributed by atoms with Gasteiger partial charge in [0.05, 0.1) is 12.2 Å². The van der Waals surface area contributed by atoms with Crippen molar-refractivity contribution in [2.75, 3.05) is 6.54 Å². The molecule has 0 aliphatic carbocycles. The second-order valence-electron chi connectivity index (χ2n) is 10.2. The minimum absolute atomic E-state index is 0.0633. The van der Waals surface area contributed by atoms with E-state index < -0.39 is 35.8 Å². The molecule has 3 aromatic rings. The van der Waals surface area contributed by atoms with Gasteiger partial charge in [0.2, 0.25) is 11.8 Å². The SMILES string of the molecule is CC(C)[C@H]1NC(=O)[C@@H](NC(=O)c2ccc(O)cn2)CCCCNC(=O)[C@@H](Cc2ccccc2)NC(=O)c2csc1n2. The lowest BCUT2D eigenvalue weighted by Crippen LogP contribution is -2.49. The van der Waals surface area contributed by atoms with Crippen molar-refractivity contribution in [3.8, 4) is 5.75 Å². The molecule has 2 bridgehead atoms. The zero-order valence-electron chi connectivity index (χ0n) is 22.9. The van der Waals surface area contributed by atoms with Gasteiger partial charge in [-0.25, -0.2) is 9.97 Å². The molecule has 1 aliphatic rings. The number of fused-ring (bicyclic) bond motifs is 2. The van der Waals surface area contributed by atoms with Gasteiger partial charge in [-0.15, -0.1) is 11.3 Å². The summed E-state index contributed by atoms with van der Waals surface area (Å²) in [5.74, 6) is -1.87. The highest BCUT2D eigenvalue weighted by atomic mass is 32.1. The fourth-order valence-corrected chi connectivity index (χ4v) is 5.44. The predicted octanol–water partition coefficient (Wildman–Crippen LogP) is 2.50. The van der Waals surface area contributed by atoms with Crippen molar-refractivity contribution in [3.63, 3.8) is 0 Å². The molecule has 4 rings (SSSR count). The maximum absolute atomic E-state index is 13.4. The molecule has 0 saturated heterocycles. The zero-order valence-corrected chi connectivity index (χ0v) is 23.7. The summed E-state index contributed by atoms with van der Waals surface area (Å²) in [6.45, 7) is 4.19. The first kappa shape index (κ1) is 29.7. The highest BCUT2D eigenvalue weighted by molar-refractivity contribution is 7.09. The van der Waals surface area contributed by atoms with Gasteiger partial charge in [0.1, 0.15) is 34.2 Å². The second kappa shape index (κ2) is 13.8. The second-order valence-corrected chi connectivity index (χ2v) is 11.1. The third kappa shape index (κ3) is 8.10. The van der Waals surface area contributed by atoms with Crippen LogP contribution in [0.3, 0.4) is 0 Å².